The molecule has 1 atom stereocenters. The average Bonchev–Trinajstić information content (AvgIpc) is 3.07. The van der Waals surface area contributed by atoms with E-state index >= 15 is 0 Å². The molecule has 0 saturated carbocycles. The van der Waals surface area contributed by atoms with Crippen molar-refractivity contribution >= 4 is 23.6 Å². The number of pyridine rings is 1. The molecule has 3 heterocycles. The SMILES string of the molecule is O=C(C#Cc1ccncc1)NCc1ccc2c(c1)CN(C1CCC(=O)NC1=O)C2=O. The molecule has 0 spiro atoms. The lowest BCUT2D eigenvalue weighted by Crippen LogP contribution is -2.52. The molecule has 8 nitrogen and oxygen atoms in total. The summed E-state index contributed by atoms with van der Waals surface area (Å²) >= 11 is 0. The number of piperidine rings is 1. The molecular weight excluding hydrogens is 384 g/mol. The van der Waals surface area contributed by atoms with E-state index in [9.17, 15) is 19.2 Å². The van der Waals surface area contributed by atoms with Gasteiger partial charge in [-0.05, 0) is 35.7 Å². The van der Waals surface area contributed by atoms with Crippen LogP contribution in [0.2, 0.25) is 0 Å². The van der Waals surface area contributed by atoms with Crippen LogP contribution in [0, 0.1) is 11.8 Å². The maximum absolute atomic E-state index is 12.7. The van der Waals surface area contributed by atoms with E-state index in [0.29, 0.717) is 24.1 Å². The minimum Gasteiger partial charge on any atom is -0.341 e. The fourth-order valence-corrected chi connectivity index (χ4v) is 3.53. The summed E-state index contributed by atoms with van der Waals surface area (Å²) in [6.45, 7) is 0.563. The van der Waals surface area contributed by atoms with Gasteiger partial charge in [-0.15, -0.1) is 0 Å². The Morgan fingerprint density at radius 3 is 2.77 bits per heavy atom. The lowest BCUT2D eigenvalue weighted by atomic mass is 10.0. The number of aromatic nitrogens is 1. The normalized spacial score (nSPS) is 17.7. The van der Waals surface area contributed by atoms with Gasteiger partial charge in [-0.2, -0.15) is 0 Å². The van der Waals surface area contributed by atoms with Crippen molar-refractivity contribution in [2.45, 2.75) is 32.0 Å². The highest BCUT2D eigenvalue weighted by Crippen LogP contribution is 2.28. The summed E-state index contributed by atoms with van der Waals surface area (Å²) in [7, 11) is 0. The van der Waals surface area contributed by atoms with Gasteiger partial charge in [-0.3, -0.25) is 29.5 Å². The first-order valence-corrected chi connectivity index (χ1v) is 9.47. The maximum atomic E-state index is 12.7. The van der Waals surface area contributed by atoms with E-state index in [1.807, 2.05) is 6.07 Å². The highest BCUT2D eigenvalue weighted by Gasteiger charge is 2.38. The van der Waals surface area contributed by atoms with Gasteiger partial charge in [0.1, 0.15) is 6.04 Å². The largest absolute Gasteiger partial charge is 0.341 e. The molecule has 0 aliphatic carbocycles. The number of carbonyl (C=O) groups is 4. The Balaban J connectivity index is 1.39. The second-order valence-corrected chi connectivity index (χ2v) is 7.06. The summed E-state index contributed by atoms with van der Waals surface area (Å²) in [5, 5.41) is 5.02. The monoisotopic (exact) mass is 402 g/mol. The molecule has 30 heavy (non-hydrogen) atoms. The van der Waals surface area contributed by atoms with Gasteiger partial charge in [0, 0.05) is 49.0 Å². The van der Waals surface area contributed by atoms with E-state index in [4.69, 9.17) is 0 Å². The number of imide groups is 1. The molecule has 0 bridgehead atoms. The van der Waals surface area contributed by atoms with Crippen LogP contribution in [-0.4, -0.2) is 39.6 Å². The lowest BCUT2D eigenvalue weighted by Gasteiger charge is -2.29. The van der Waals surface area contributed by atoms with E-state index in [0.717, 1.165) is 11.1 Å². The summed E-state index contributed by atoms with van der Waals surface area (Å²) in [5.41, 5.74) is 2.85. The molecule has 150 valence electrons. The number of rotatable bonds is 3. The second-order valence-electron chi connectivity index (χ2n) is 7.06. The molecule has 1 unspecified atom stereocenters. The van der Waals surface area contributed by atoms with Gasteiger partial charge < -0.3 is 10.2 Å². The van der Waals surface area contributed by atoms with Crippen LogP contribution in [0.4, 0.5) is 0 Å². The van der Waals surface area contributed by atoms with E-state index in [1.54, 1.807) is 36.7 Å². The Hall–Kier alpha value is -3.99. The molecule has 1 aromatic heterocycles. The van der Waals surface area contributed by atoms with Crippen LogP contribution in [0.25, 0.3) is 0 Å². The number of benzene rings is 1. The van der Waals surface area contributed by atoms with Crippen molar-refractivity contribution in [2.75, 3.05) is 0 Å². The van der Waals surface area contributed by atoms with Crippen molar-refractivity contribution in [1.29, 1.82) is 0 Å². The third-order valence-electron chi connectivity index (χ3n) is 5.04. The van der Waals surface area contributed by atoms with Gasteiger partial charge in [0.25, 0.3) is 11.8 Å². The zero-order valence-electron chi connectivity index (χ0n) is 16.0. The smallest absolute Gasteiger partial charge is 0.296 e. The van der Waals surface area contributed by atoms with Crippen molar-refractivity contribution in [3.05, 3.63) is 65.0 Å². The minimum absolute atomic E-state index is 0.217. The van der Waals surface area contributed by atoms with Gasteiger partial charge in [-0.25, -0.2) is 0 Å². The number of hydrogen-bond donors (Lipinski definition) is 2. The fourth-order valence-electron chi connectivity index (χ4n) is 3.53. The first-order valence-electron chi connectivity index (χ1n) is 9.47. The van der Waals surface area contributed by atoms with Gasteiger partial charge in [0.15, 0.2) is 0 Å². The van der Waals surface area contributed by atoms with E-state index < -0.39 is 17.9 Å². The summed E-state index contributed by atoms with van der Waals surface area (Å²) in [6.07, 6.45) is 3.75. The van der Waals surface area contributed by atoms with Gasteiger partial charge in [0.2, 0.25) is 11.8 Å². The van der Waals surface area contributed by atoms with E-state index in [2.05, 4.69) is 27.5 Å². The third kappa shape index (κ3) is 4.05. The Kier molecular flexibility index (Phi) is 5.26. The van der Waals surface area contributed by atoms with Crippen molar-refractivity contribution in [3.8, 4) is 11.8 Å². The molecule has 4 amide bonds. The second kappa shape index (κ2) is 8.17. The van der Waals surface area contributed by atoms with Gasteiger partial charge >= 0.3 is 0 Å². The number of nitrogens with one attached hydrogen (secondary N) is 2. The Bertz CT molecular complexity index is 1100. The predicted octanol–water partition coefficient (Wildman–Crippen LogP) is 0.510. The van der Waals surface area contributed by atoms with Crippen molar-refractivity contribution in [1.82, 2.24) is 20.5 Å². The van der Waals surface area contributed by atoms with Crippen molar-refractivity contribution in [3.63, 3.8) is 0 Å². The lowest BCUT2D eigenvalue weighted by molar-refractivity contribution is -0.137. The van der Waals surface area contributed by atoms with E-state index in [-0.39, 0.29) is 24.8 Å². The Morgan fingerprint density at radius 2 is 2.00 bits per heavy atom. The first kappa shape index (κ1) is 19.3. The van der Waals surface area contributed by atoms with Crippen molar-refractivity contribution < 1.29 is 19.2 Å². The number of fused-ring (bicyclic) bond motifs is 1. The predicted molar refractivity (Wildman–Crippen MR) is 105 cm³/mol. The molecule has 4 rings (SSSR count). The molecule has 2 aliphatic rings. The molecule has 0 radical (unpaired) electrons. The topological polar surface area (TPSA) is 108 Å². The van der Waals surface area contributed by atoms with Gasteiger partial charge in [-0.1, -0.05) is 18.1 Å². The number of amides is 4. The standard InChI is InChI=1S/C22H18N4O4/c27-19(5-2-14-7-9-23-10-8-14)24-12-15-1-3-17-16(11-15)13-26(22(17)30)18-4-6-20(28)25-21(18)29/h1,3,7-11,18H,4,6,12-13H2,(H,24,27)(H,25,28,29). The summed E-state index contributed by atoms with van der Waals surface area (Å²) in [5.74, 6) is 3.90. The van der Waals surface area contributed by atoms with Crippen LogP contribution in [0.3, 0.4) is 0 Å². The van der Waals surface area contributed by atoms with Crippen LogP contribution < -0.4 is 10.6 Å². The van der Waals surface area contributed by atoms with E-state index in [1.165, 1.54) is 4.90 Å². The Labute approximate surface area is 172 Å². The Morgan fingerprint density at radius 1 is 1.20 bits per heavy atom. The quantitative estimate of drug-likeness (QED) is 0.575. The molecule has 1 aromatic carbocycles. The van der Waals surface area contributed by atoms with Crippen LogP contribution in [0.1, 0.15) is 39.9 Å². The maximum Gasteiger partial charge on any atom is 0.296 e. The summed E-state index contributed by atoms with van der Waals surface area (Å²) in [6, 6.07) is 8.09. The zero-order valence-corrected chi connectivity index (χ0v) is 16.0. The molecule has 2 aromatic rings. The van der Waals surface area contributed by atoms with Crippen LogP contribution in [-0.2, 0) is 27.5 Å². The molecule has 8 heteroatoms. The third-order valence-corrected chi connectivity index (χ3v) is 5.04. The van der Waals surface area contributed by atoms with Crippen LogP contribution in [0.5, 0.6) is 0 Å². The van der Waals surface area contributed by atoms with Crippen LogP contribution >= 0.6 is 0 Å². The number of hydrogen-bond acceptors (Lipinski definition) is 5. The number of nitrogens with zero attached hydrogens (tertiary/aromatic N) is 2. The molecular formula is C22H18N4O4. The molecule has 2 N–H and O–H groups in total. The molecule has 1 fully saturated rings. The number of carbonyl (C=O) groups excluding carboxylic acids is 4. The average molecular weight is 402 g/mol. The minimum atomic E-state index is -0.644. The van der Waals surface area contributed by atoms with Crippen LogP contribution in [0.15, 0.2) is 42.7 Å². The highest BCUT2D eigenvalue weighted by atomic mass is 16.2. The molecule has 1 saturated heterocycles. The van der Waals surface area contributed by atoms with Crippen molar-refractivity contribution in [2.24, 2.45) is 0 Å². The summed E-state index contributed by atoms with van der Waals surface area (Å²) < 4.78 is 0. The van der Waals surface area contributed by atoms with Gasteiger partial charge in [0.05, 0.1) is 0 Å². The zero-order chi connectivity index (χ0) is 21.1. The first-order chi connectivity index (χ1) is 14.5. The highest BCUT2D eigenvalue weighted by molar-refractivity contribution is 6.05. The molecule has 2 aliphatic heterocycles. The summed E-state index contributed by atoms with van der Waals surface area (Å²) in [4.78, 5) is 53.5. The fraction of sp³-hybridized carbons (Fsp3) is 0.227.